The van der Waals surface area contributed by atoms with Gasteiger partial charge in [0.15, 0.2) is 0 Å². The van der Waals surface area contributed by atoms with Gasteiger partial charge in [0, 0.05) is 32.2 Å². The Morgan fingerprint density at radius 3 is 2.21 bits per heavy atom. The van der Waals surface area contributed by atoms with Gasteiger partial charge in [0.1, 0.15) is 0 Å². The topological polar surface area (TPSA) is 72.9 Å². The molecule has 19 heavy (non-hydrogen) atoms. The van der Waals surface area contributed by atoms with Crippen LogP contribution in [0.3, 0.4) is 0 Å². The minimum Gasteiger partial charge on any atom is -0.480 e. The van der Waals surface area contributed by atoms with E-state index in [1.807, 2.05) is 11.8 Å². The van der Waals surface area contributed by atoms with Crippen molar-refractivity contribution in [2.75, 3.05) is 32.7 Å². The number of carbonyl (C=O) groups excluding carboxylic acids is 1. The van der Waals surface area contributed by atoms with Gasteiger partial charge in [-0.2, -0.15) is 0 Å². The van der Waals surface area contributed by atoms with Crippen LogP contribution in [-0.4, -0.2) is 65.7 Å². The maximum atomic E-state index is 12.0. The van der Waals surface area contributed by atoms with Gasteiger partial charge >= 0.3 is 12.0 Å². The highest BCUT2D eigenvalue weighted by Gasteiger charge is 2.23. The van der Waals surface area contributed by atoms with Gasteiger partial charge in [-0.05, 0) is 19.3 Å². The second kappa shape index (κ2) is 7.33. The Morgan fingerprint density at radius 2 is 1.74 bits per heavy atom. The molecule has 0 saturated carbocycles. The number of carboxylic acid groups (broad SMARTS) is 1. The monoisotopic (exact) mass is 271 g/mol. The molecule has 0 bridgehead atoms. The summed E-state index contributed by atoms with van der Waals surface area (Å²) in [5, 5.41) is 11.7. The van der Waals surface area contributed by atoms with E-state index in [4.69, 9.17) is 5.11 Å². The summed E-state index contributed by atoms with van der Waals surface area (Å²) in [5.74, 6) is -0.258. The van der Waals surface area contributed by atoms with E-state index < -0.39 is 5.97 Å². The number of hydrogen-bond donors (Lipinski definition) is 2. The molecule has 1 rings (SSSR count). The lowest BCUT2D eigenvalue weighted by molar-refractivity contribution is -0.138. The number of nitrogens with one attached hydrogen (secondary N) is 1. The van der Waals surface area contributed by atoms with Gasteiger partial charge in [-0.3, -0.25) is 9.69 Å². The fourth-order valence-corrected chi connectivity index (χ4v) is 2.37. The lowest BCUT2D eigenvalue weighted by Gasteiger charge is -2.34. The normalized spacial score (nSPS) is 18.4. The molecule has 110 valence electrons. The summed E-state index contributed by atoms with van der Waals surface area (Å²) >= 11 is 0. The van der Waals surface area contributed by atoms with Crippen LogP contribution in [0.1, 0.15) is 27.2 Å². The number of hydrogen-bond acceptors (Lipinski definition) is 3. The molecule has 0 aromatic heterocycles. The molecule has 0 radical (unpaired) electrons. The van der Waals surface area contributed by atoms with Crippen LogP contribution in [0.4, 0.5) is 4.79 Å². The third-order valence-corrected chi connectivity index (χ3v) is 3.21. The first kappa shape index (κ1) is 15.8. The predicted octanol–water partition coefficient (Wildman–Crippen LogP) is 0.833. The summed E-state index contributed by atoms with van der Waals surface area (Å²) < 4.78 is 0. The third kappa shape index (κ3) is 5.92. The second-order valence-corrected chi connectivity index (χ2v) is 5.64. The zero-order valence-corrected chi connectivity index (χ0v) is 12.1. The van der Waals surface area contributed by atoms with Crippen molar-refractivity contribution >= 4 is 12.0 Å². The number of nitrogens with zero attached hydrogens (tertiary/aromatic N) is 2. The fraction of sp³-hybridized carbons (Fsp3) is 0.846. The molecule has 1 aliphatic rings. The van der Waals surface area contributed by atoms with Crippen molar-refractivity contribution < 1.29 is 14.7 Å². The Balaban J connectivity index is 2.30. The number of carboxylic acids is 1. The molecule has 1 heterocycles. The van der Waals surface area contributed by atoms with Crippen molar-refractivity contribution in [3.05, 3.63) is 0 Å². The van der Waals surface area contributed by atoms with Gasteiger partial charge in [-0.1, -0.05) is 13.8 Å². The van der Waals surface area contributed by atoms with Gasteiger partial charge in [-0.15, -0.1) is 0 Å². The quantitative estimate of drug-likeness (QED) is 0.777. The first-order valence-electron chi connectivity index (χ1n) is 6.88. The van der Waals surface area contributed by atoms with E-state index in [1.54, 1.807) is 4.90 Å². The van der Waals surface area contributed by atoms with Crippen LogP contribution >= 0.6 is 0 Å². The molecule has 6 nitrogen and oxygen atoms in total. The standard InChI is InChI=1S/C13H25N3O3/c1-10(2)8-11(3)14-13(19)16-6-4-15(5-7-16)9-12(17)18/h10-11H,4-9H2,1-3H3,(H,14,19)(H,17,18). The molecule has 1 unspecified atom stereocenters. The average molecular weight is 271 g/mol. The van der Waals surface area contributed by atoms with Crippen LogP contribution in [0, 0.1) is 5.92 Å². The highest BCUT2D eigenvalue weighted by atomic mass is 16.4. The van der Waals surface area contributed by atoms with E-state index in [0.29, 0.717) is 32.1 Å². The number of carbonyl (C=O) groups is 2. The summed E-state index contributed by atoms with van der Waals surface area (Å²) in [4.78, 5) is 26.2. The van der Waals surface area contributed by atoms with Crippen molar-refractivity contribution in [3.8, 4) is 0 Å². The second-order valence-electron chi connectivity index (χ2n) is 5.64. The minimum atomic E-state index is -0.816. The molecule has 0 spiro atoms. The summed E-state index contributed by atoms with van der Waals surface area (Å²) in [6.07, 6.45) is 0.963. The maximum Gasteiger partial charge on any atom is 0.317 e. The minimum absolute atomic E-state index is 0.0388. The van der Waals surface area contributed by atoms with Crippen LogP contribution in [0.5, 0.6) is 0 Å². The number of rotatable bonds is 5. The van der Waals surface area contributed by atoms with Crippen LogP contribution in [-0.2, 0) is 4.79 Å². The van der Waals surface area contributed by atoms with Crippen LogP contribution in [0.25, 0.3) is 0 Å². The van der Waals surface area contributed by atoms with Gasteiger partial charge in [0.25, 0.3) is 0 Å². The van der Waals surface area contributed by atoms with Gasteiger partial charge in [0.2, 0.25) is 0 Å². The van der Waals surface area contributed by atoms with E-state index in [0.717, 1.165) is 6.42 Å². The fourth-order valence-electron chi connectivity index (χ4n) is 2.37. The average Bonchev–Trinajstić information content (AvgIpc) is 2.27. The number of amides is 2. The number of urea groups is 1. The van der Waals surface area contributed by atoms with Crippen LogP contribution in [0.2, 0.25) is 0 Å². The Morgan fingerprint density at radius 1 is 1.16 bits per heavy atom. The maximum absolute atomic E-state index is 12.0. The summed E-state index contributed by atoms with van der Waals surface area (Å²) in [6, 6.07) is 0.132. The summed E-state index contributed by atoms with van der Waals surface area (Å²) in [6.45, 7) is 8.76. The van der Waals surface area contributed by atoms with Crippen molar-refractivity contribution in [1.29, 1.82) is 0 Å². The largest absolute Gasteiger partial charge is 0.480 e. The van der Waals surface area contributed by atoms with Crippen LogP contribution < -0.4 is 5.32 Å². The van der Waals surface area contributed by atoms with Crippen molar-refractivity contribution in [1.82, 2.24) is 15.1 Å². The zero-order chi connectivity index (χ0) is 14.4. The SMILES string of the molecule is CC(C)CC(C)NC(=O)N1CCN(CC(=O)O)CC1. The van der Waals surface area contributed by atoms with E-state index in [9.17, 15) is 9.59 Å². The molecule has 0 aromatic carbocycles. The lowest BCUT2D eigenvalue weighted by Crippen LogP contribution is -2.53. The molecular formula is C13H25N3O3. The Labute approximate surface area is 114 Å². The molecule has 0 aliphatic carbocycles. The highest BCUT2D eigenvalue weighted by Crippen LogP contribution is 2.06. The molecular weight excluding hydrogens is 246 g/mol. The molecule has 2 N–H and O–H groups in total. The summed E-state index contributed by atoms with van der Waals surface area (Å²) in [7, 11) is 0. The Hall–Kier alpha value is -1.30. The molecule has 1 atom stereocenters. The first-order chi connectivity index (χ1) is 8.88. The third-order valence-electron chi connectivity index (χ3n) is 3.21. The van der Waals surface area contributed by atoms with E-state index in [-0.39, 0.29) is 18.6 Å². The Bertz CT molecular complexity index is 312. The first-order valence-corrected chi connectivity index (χ1v) is 6.88. The molecule has 6 heteroatoms. The van der Waals surface area contributed by atoms with E-state index in [1.165, 1.54) is 0 Å². The van der Waals surface area contributed by atoms with Gasteiger partial charge < -0.3 is 15.3 Å². The van der Waals surface area contributed by atoms with Crippen molar-refractivity contribution in [2.45, 2.75) is 33.2 Å². The molecule has 1 saturated heterocycles. The van der Waals surface area contributed by atoms with Gasteiger partial charge in [0.05, 0.1) is 6.54 Å². The summed E-state index contributed by atoms with van der Waals surface area (Å²) in [5.41, 5.74) is 0. The van der Waals surface area contributed by atoms with Gasteiger partial charge in [-0.25, -0.2) is 4.79 Å². The zero-order valence-electron chi connectivity index (χ0n) is 12.1. The highest BCUT2D eigenvalue weighted by molar-refractivity contribution is 5.74. The van der Waals surface area contributed by atoms with E-state index in [2.05, 4.69) is 19.2 Å². The van der Waals surface area contributed by atoms with Crippen molar-refractivity contribution in [3.63, 3.8) is 0 Å². The molecule has 0 aromatic rings. The Kier molecular flexibility index (Phi) is 6.08. The lowest BCUT2D eigenvalue weighted by atomic mass is 10.1. The number of aliphatic carboxylic acids is 1. The van der Waals surface area contributed by atoms with Crippen LogP contribution in [0.15, 0.2) is 0 Å². The molecule has 2 amide bonds. The smallest absolute Gasteiger partial charge is 0.317 e. The number of piperazine rings is 1. The van der Waals surface area contributed by atoms with E-state index >= 15 is 0 Å². The predicted molar refractivity (Wildman–Crippen MR) is 73.1 cm³/mol. The molecule has 1 fully saturated rings. The molecule has 1 aliphatic heterocycles. The van der Waals surface area contributed by atoms with Crippen molar-refractivity contribution in [2.24, 2.45) is 5.92 Å².